The average molecular weight is 426 g/mol. The summed E-state index contributed by atoms with van der Waals surface area (Å²) < 4.78 is 0. The number of rotatable bonds is 8. The first-order valence-electron chi connectivity index (χ1n) is 10.1. The first-order valence-corrected chi connectivity index (χ1v) is 10.1. The molecule has 32 heavy (non-hydrogen) atoms. The Hall–Kier alpha value is -4.33. The second kappa shape index (κ2) is 9.65. The third kappa shape index (κ3) is 4.86. The van der Waals surface area contributed by atoms with E-state index < -0.39 is 4.92 Å². The maximum Gasteiger partial charge on any atom is 0.353 e. The third-order valence-corrected chi connectivity index (χ3v) is 4.93. The number of hydrogen-bond donors (Lipinski definition) is 1. The summed E-state index contributed by atoms with van der Waals surface area (Å²) in [6, 6.07) is 23.1. The second-order valence-electron chi connectivity index (χ2n) is 7.25. The monoisotopic (exact) mass is 426 g/mol. The molecule has 160 valence electrons. The summed E-state index contributed by atoms with van der Waals surface area (Å²) in [5.74, 6) is 0.899. The predicted molar refractivity (Wildman–Crippen MR) is 124 cm³/mol. The minimum atomic E-state index is -0.451. The molecule has 0 spiro atoms. The number of nitro groups is 1. The van der Waals surface area contributed by atoms with Gasteiger partial charge in [-0.3, -0.25) is 10.1 Å². The molecule has 0 bridgehead atoms. The lowest BCUT2D eigenvalue weighted by atomic mass is 10.1. The minimum Gasteiger partial charge on any atom is -0.360 e. The number of nitrogens with one attached hydrogen (secondary N) is 1. The van der Waals surface area contributed by atoms with Gasteiger partial charge in [-0.15, -0.1) is 0 Å². The van der Waals surface area contributed by atoms with Crippen LogP contribution in [0.25, 0.3) is 0 Å². The number of benzene rings is 2. The molecule has 0 fully saturated rings. The van der Waals surface area contributed by atoms with E-state index in [0.29, 0.717) is 18.9 Å². The van der Waals surface area contributed by atoms with E-state index in [-0.39, 0.29) is 17.3 Å². The van der Waals surface area contributed by atoms with E-state index >= 15 is 0 Å². The zero-order valence-corrected chi connectivity index (χ0v) is 17.5. The van der Waals surface area contributed by atoms with Crippen LogP contribution in [0.3, 0.4) is 0 Å². The van der Waals surface area contributed by atoms with E-state index in [1.54, 1.807) is 23.2 Å². The molecular formula is C24H22N6O2. The Bertz CT molecular complexity index is 1180. The van der Waals surface area contributed by atoms with Crippen molar-refractivity contribution in [1.29, 1.82) is 0 Å². The molecule has 2 heterocycles. The first-order chi connectivity index (χ1) is 15.6. The highest BCUT2D eigenvalue weighted by Gasteiger charge is 2.28. The van der Waals surface area contributed by atoms with Gasteiger partial charge in [-0.05, 0) is 30.2 Å². The van der Waals surface area contributed by atoms with Crippen LogP contribution in [0.15, 0.2) is 85.3 Å². The minimum absolute atomic E-state index is 0.162. The Kier molecular flexibility index (Phi) is 6.31. The lowest BCUT2D eigenvalue weighted by molar-refractivity contribution is -0.383. The molecule has 0 atom stereocenters. The molecule has 0 saturated heterocycles. The van der Waals surface area contributed by atoms with Gasteiger partial charge in [0, 0.05) is 12.7 Å². The van der Waals surface area contributed by atoms with Crippen LogP contribution in [0.2, 0.25) is 0 Å². The Balaban J connectivity index is 1.72. The zero-order valence-electron chi connectivity index (χ0n) is 17.5. The van der Waals surface area contributed by atoms with Gasteiger partial charge in [-0.25, -0.2) is 15.0 Å². The van der Waals surface area contributed by atoms with E-state index in [1.807, 2.05) is 67.6 Å². The SMILES string of the molecule is Cc1ccc(CNc2ncnc(N(Cc3ccccc3)c3ccccn3)c2[N+](=O)[O-])cc1. The molecule has 0 amide bonds. The van der Waals surface area contributed by atoms with E-state index in [4.69, 9.17) is 0 Å². The van der Waals surface area contributed by atoms with Crippen molar-refractivity contribution in [3.8, 4) is 0 Å². The van der Waals surface area contributed by atoms with E-state index in [9.17, 15) is 10.1 Å². The molecule has 0 aliphatic rings. The highest BCUT2D eigenvalue weighted by atomic mass is 16.6. The van der Waals surface area contributed by atoms with Gasteiger partial charge >= 0.3 is 5.69 Å². The van der Waals surface area contributed by atoms with E-state index in [0.717, 1.165) is 16.7 Å². The van der Waals surface area contributed by atoms with Crippen molar-refractivity contribution in [2.24, 2.45) is 0 Å². The number of hydrogen-bond acceptors (Lipinski definition) is 7. The van der Waals surface area contributed by atoms with Crippen molar-refractivity contribution < 1.29 is 4.92 Å². The lowest BCUT2D eigenvalue weighted by Crippen LogP contribution is -2.21. The molecule has 2 aromatic carbocycles. The van der Waals surface area contributed by atoms with Gasteiger partial charge in [0.1, 0.15) is 12.1 Å². The molecule has 0 aliphatic carbocycles. The summed E-state index contributed by atoms with van der Waals surface area (Å²) in [6.07, 6.45) is 2.98. The Morgan fingerprint density at radius 3 is 2.34 bits per heavy atom. The lowest BCUT2D eigenvalue weighted by Gasteiger charge is -2.23. The number of anilines is 3. The van der Waals surface area contributed by atoms with Crippen molar-refractivity contribution in [2.45, 2.75) is 20.0 Å². The van der Waals surface area contributed by atoms with Gasteiger partial charge in [-0.1, -0.05) is 66.2 Å². The number of nitrogens with zero attached hydrogens (tertiary/aromatic N) is 5. The molecule has 4 aromatic rings. The zero-order chi connectivity index (χ0) is 22.3. The maximum atomic E-state index is 12.1. The molecule has 4 rings (SSSR count). The van der Waals surface area contributed by atoms with Gasteiger partial charge in [0.15, 0.2) is 0 Å². The summed E-state index contributed by atoms with van der Waals surface area (Å²) in [7, 11) is 0. The molecule has 0 aliphatic heterocycles. The van der Waals surface area contributed by atoms with Crippen LogP contribution in [-0.4, -0.2) is 19.9 Å². The largest absolute Gasteiger partial charge is 0.360 e. The number of pyridine rings is 1. The van der Waals surface area contributed by atoms with Crippen molar-refractivity contribution >= 4 is 23.1 Å². The van der Waals surface area contributed by atoms with Crippen molar-refractivity contribution in [1.82, 2.24) is 15.0 Å². The van der Waals surface area contributed by atoms with Crippen LogP contribution in [0.5, 0.6) is 0 Å². The average Bonchev–Trinajstić information content (AvgIpc) is 2.83. The maximum absolute atomic E-state index is 12.1. The van der Waals surface area contributed by atoms with Gasteiger partial charge in [0.2, 0.25) is 11.6 Å². The summed E-state index contributed by atoms with van der Waals surface area (Å²) >= 11 is 0. The van der Waals surface area contributed by atoms with Gasteiger partial charge in [-0.2, -0.15) is 0 Å². The van der Waals surface area contributed by atoms with Crippen LogP contribution in [0, 0.1) is 17.0 Å². The fourth-order valence-corrected chi connectivity index (χ4v) is 3.30. The number of aryl methyl sites for hydroxylation is 1. The molecule has 0 saturated carbocycles. The topological polar surface area (TPSA) is 97.1 Å². The Morgan fingerprint density at radius 1 is 0.906 bits per heavy atom. The Labute approximate surface area is 185 Å². The fraction of sp³-hybridized carbons (Fsp3) is 0.125. The summed E-state index contributed by atoms with van der Waals surface area (Å²) in [6.45, 7) is 2.78. The fourth-order valence-electron chi connectivity index (χ4n) is 3.30. The van der Waals surface area contributed by atoms with Crippen molar-refractivity contribution in [3.63, 3.8) is 0 Å². The molecule has 8 nitrogen and oxygen atoms in total. The smallest absolute Gasteiger partial charge is 0.353 e. The molecule has 8 heteroatoms. The predicted octanol–water partition coefficient (Wildman–Crippen LogP) is 5.04. The molecule has 2 aromatic heterocycles. The quantitative estimate of drug-likeness (QED) is 0.311. The number of aromatic nitrogens is 3. The highest BCUT2D eigenvalue weighted by Crippen LogP contribution is 2.36. The second-order valence-corrected chi connectivity index (χ2v) is 7.25. The summed E-state index contributed by atoms with van der Waals surface area (Å²) in [5.41, 5.74) is 2.92. The highest BCUT2D eigenvalue weighted by molar-refractivity contribution is 5.74. The standard InChI is InChI=1S/C24H22N6O2/c1-18-10-12-19(13-11-18)15-26-23-22(30(31)32)24(28-17-27-23)29(21-9-5-6-14-25-21)16-20-7-3-2-4-8-20/h2-14,17H,15-16H2,1H3,(H,26,27,28). The van der Waals surface area contributed by atoms with Crippen LogP contribution in [0.1, 0.15) is 16.7 Å². The summed E-state index contributed by atoms with van der Waals surface area (Å²) in [5, 5.41) is 15.2. The van der Waals surface area contributed by atoms with Gasteiger partial charge in [0.05, 0.1) is 11.5 Å². The van der Waals surface area contributed by atoms with E-state index in [1.165, 1.54) is 6.33 Å². The van der Waals surface area contributed by atoms with Crippen molar-refractivity contribution in [2.75, 3.05) is 10.2 Å². The van der Waals surface area contributed by atoms with Crippen LogP contribution >= 0.6 is 0 Å². The van der Waals surface area contributed by atoms with Gasteiger partial charge < -0.3 is 10.2 Å². The van der Waals surface area contributed by atoms with Crippen LogP contribution in [-0.2, 0) is 13.1 Å². The molecular weight excluding hydrogens is 404 g/mol. The first kappa shape index (κ1) is 20.9. The Morgan fingerprint density at radius 2 is 1.66 bits per heavy atom. The van der Waals surface area contributed by atoms with Crippen molar-refractivity contribution in [3.05, 3.63) is 112 Å². The molecule has 0 radical (unpaired) electrons. The van der Waals surface area contributed by atoms with E-state index in [2.05, 4.69) is 20.3 Å². The van der Waals surface area contributed by atoms with Crippen LogP contribution < -0.4 is 10.2 Å². The molecule has 0 unspecified atom stereocenters. The summed E-state index contributed by atoms with van der Waals surface area (Å²) in [4.78, 5) is 26.3. The van der Waals surface area contributed by atoms with Gasteiger partial charge in [0.25, 0.3) is 0 Å². The third-order valence-electron chi connectivity index (χ3n) is 4.93. The molecule has 1 N–H and O–H groups in total. The normalized spacial score (nSPS) is 10.5. The van der Waals surface area contributed by atoms with Crippen LogP contribution in [0.4, 0.5) is 23.1 Å².